The van der Waals surface area contributed by atoms with Gasteiger partial charge in [-0.15, -0.1) is 0 Å². The molecule has 0 saturated carbocycles. The lowest BCUT2D eigenvalue weighted by atomic mass is 9.81. The highest BCUT2D eigenvalue weighted by Crippen LogP contribution is 2.24. The normalized spacial score (nSPS) is 31.5. The first-order valence-corrected chi connectivity index (χ1v) is 4.64. The minimum atomic E-state index is -0.394. The average molecular weight is 172 g/mol. The molecule has 3 N–H and O–H groups in total. The van der Waals surface area contributed by atoms with E-state index in [0.29, 0.717) is 5.92 Å². The molecule has 72 valence electrons. The van der Waals surface area contributed by atoms with Gasteiger partial charge in [-0.2, -0.15) is 0 Å². The fraction of sp³-hybridized carbons (Fsp3) is 1.00. The van der Waals surface area contributed by atoms with Gasteiger partial charge >= 0.3 is 0 Å². The van der Waals surface area contributed by atoms with E-state index in [4.69, 9.17) is 10.8 Å². The summed E-state index contributed by atoms with van der Waals surface area (Å²) in [6.45, 7) is 4.22. The van der Waals surface area contributed by atoms with Gasteiger partial charge in [0.05, 0.1) is 6.61 Å². The molecule has 1 heterocycles. The summed E-state index contributed by atoms with van der Waals surface area (Å²) >= 11 is 0. The van der Waals surface area contributed by atoms with Crippen molar-refractivity contribution < 1.29 is 5.11 Å². The van der Waals surface area contributed by atoms with Crippen molar-refractivity contribution in [2.24, 2.45) is 11.7 Å². The summed E-state index contributed by atoms with van der Waals surface area (Å²) in [7, 11) is 2.11. The number of aliphatic hydroxyl groups excluding tert-OH is 1. The van der Waals surface area contributed by atoms with Crippen LogP contribution in [0.3, 0.4) is 0 Å². The van der Waals surface area contributed by atoms with Crippen molar-refractivity contribution >= 4 is 0 Å². The minimum absolute atomic E-state index is 0.0888. The van der Waals surface area contributed by atoms with E-state index < -0.39 is 5.54 Å². The van der Waals surface area contributed by atoms with Crippen LogP contribution < -0.4 is 5.73 Å². The number of nitrogens with two attached hydrogens (primary N) is 1. The molecule has 0 aliphatic carbocycles. The van der Waals surface area contributed by atoms with Crippen molar-refractivity contribution in [3.63, 3.8) is 0 Å². The monoisotopic (exact) mass is 172 g/mol. The Bertz CT molecular complexity index is 147. The second-order valence-electron chi connectivity index (χ2n) is 4.27. The van der Waals surface area contributed by atoms with Crippen LogP contribution in [0.2, 0.25) is 0 Å². The standard InChI is InChI=1S/C9H20N2O/c1-9(10,7-12)8-4-3-5-11(2)6-8/h8,12H,3-7,10H2,1-2H3. The Morgan fingerprint density at radius 3 is 2.83 bits per heavy atom. The molecule has 0 spiro atoms. The van der Waals surface area contributed by atoms with Gasteiger partial charge in [-0.3, -0.25) is 0 Å². The lowest BCUT2D eigenvalue weighted by Gasteiger charge is -2.39. The summed E-state index contributed by atoms with van der Waals surface area (Å²) in [4.78, 5) is 2.29. The molecule has 1 aliphatic rings. The van der Waals surface area contributed by atoms with Gasteiger partial charge in [-0.25, -0.2) is 0 Å². The van der Waals surface area contributed by atoms with Crippen molar-refractivity contribution in [3.05, 3.63) is 0 Å². The molecule has 3 nitrogen and oxygen atoms in total. The third-order valence-electron chi connectivity index (χ3n) is 2.90. The predicted molar refractivity (Wildman–Crippen MR) is 49.9 cm³/mol. The molecule has 0 amide bonds. The highest BCUT2D eigenvalue weighted by molar-refractivity contribution is 4.89. The number of aliphatic hydroxyl groups is 1. The highest BCUT2D eigenvalue weighted by Gasteiger charge is 2.31. The predicted octanol–water partition coefficient (Wildman–Crippen LogP) is 0.0379. The second kappa shape index (κ2) is 3.73. The fourth-order valence-corrected chi connectivity index (χ4v) is 1.83. The van der Waals surface area contributed by atoms with Crippen LogP contribution in [-0.4, -0.2) is 42.3 Å². The molecular weight excluding hydrogens is 152 g/mol. The molecule has 1 fully saturated rings. The summed E-state index contributed by atoms with van der Waals surface area (Å²) in [5.74, 6) is 0.446. The molecule has 1 aliphatic heterocycles. The van der Waals surface area contributed by atoms with E-state index in [2.05, 4.69) is 11.9 Å². The average Bonchev–Trinajstić information content (AvgIpc) is 2.05. The maximum atomic E-state index is 9.09. The number of hydrogen-bond donors (Lipinski definition) is 2. The molecule has 0 radical (unpaired) electrons. The highest BCUT2D eigenvalue weighted by atomic mass is 16.3. The lowest BCUT2D eigenvalue weighted by molar-refractivity contribution is 0.0957. The molecule has 1 rings (SSSR count). The first-order valence-electron chi connectivity index (χ1n) is 4.64. The Hall–Kier alpha value is -0.120. The zero-order chi connectivity index (χ0) is 9.19. The first kappa shape index (κ1) is 9.96. The van der Waals surface area contributed by atoms with Crippen LogP contribution in [0, 0.1) is 5.92 Å². The van der Waals surface area contributed by atoms with Crippen LogP contribution in [0.1, 0.15) is 19.8 Å². The van der Waals surface area contributed by atoms with Gasteiger partial charge in [-0.1, -0.05) is 0 Å². The number of piperidine rings is 1. The van der Waals surface area contributed by atoms with Crippen LogP contribution in [0.15, 0.2) is 0 Å². The number of nitrogens with zero attached hydrogens (tertiary/aromatic N) is 1. The molecule has 0 bridgehead atoms. The van der Waals surface area contributed by atoms with E-state index in [-0.39, 0.29) is 6.61 Å². The molecule has 0 aromatic heterocycles. The summed E-state index contributed by atoms with van der Waals surface area (Å²) < 4.78 is 0. The van der Waals surface area contributed by atoms with E-state index in [9.17, 15) is 0 Å². The number of rotatable bonds is 2. The van der Waals surface area contributed by atoms with E-state index >= 15 is 0 Å². The van der Waals surface area contributed by atoms with E-state index in [1.165, 1.54) is 6.42 Å². The van der Waals surface area contributed by atoms with Crippen molar-refractivity contribution in [3.8, 4) is 0 Å². The second-order valence-corrected chi connectivity index (χ2v) is 4.27. The molecule has 0 aromatic carbocycles. The summed E-state index contributed by atoms with van der Waals surface area (Å²) in [6, 6.07) is 0. The van der Waals surface area contributed by atoms with Crippen LogP contribution >= 0.6 is 0 Å². The van der Waals surface area contributed by atoms with Crippen molar-refractivity contribution in [1.82, 2.24) is 4.90 Å². The van der Waals surface area contributed by atoms with Gasteiger partial charge in [0.15, 0.2) is 0 Å². The lowest BCUT2D eigenvalue weighted by Crippen LogP contribution is -2.53. The minimum Gasteiger partial charge on any atom is -0.394 e. The Kier molecular flexibility index (Phi) is 3.09. The van der Waals surface area contributed by atoms with E-state index in [1.54, 1.807) is 0 Å². The maximum Gasteiger partial charge on any atom is 0.0611 e. The Balaban J connectivity index is 2.50. The Labute approximate surface area is 74.5 Å². The van der Waals surface area contributed by atoms with Gasteiger partial charge in [0.25, 0.3) is 0 Å². The van der Waals surface area contributed by atoms with Crippen molar-refractivity contribution in [2.45, 2.75) is 25.3 Å². The van der Waals surface area contributed by atoms with Gasteiger partial charge in [0, 0.05) is 12.1 Å². The maximum absolute atomic E-state index is 9.09. The topological polar surface area (TPSA) is 49.5 Å². The molecule has 0 aromatic rings. The fourth-order valence-electron chi connectivity index (χ4n) is 1.83. The third-order valence-corrected chi connectivity index (χ3v) is 2.90. The number of likely N-dealkylation sites (tertiary alicyclic amines) is 1. The quantitative estimate of drug-likeness (QED) is 0.618. The van der Waals surface area contributed by atoms with Gasteiger partial charge < -0.3 is 15.7 Å². The molecule has 2 unspecified atom stereocenters. The van der Waals surface area contributed by atoms with Crippen LogP contribution in [0.25, 0.3) is 0 Å². The van der Waals surface area contributed by atoms with E-state index in [1.807, 2.05) is 6.92 Å². The van der Waals surface area contributed by atoms with Gasteiger partial charge in [0.2, 0.25) is 0 Å². The third kappa shape index (κ3) is 2.19. The number of hydrogen-bond acceptors (Lipinski definition) is 3. The smallest absolute Gasteiger partial charge is 0.0611 e. The van der Waals surface area contributed by atoms with E-state index in [0.717, 1.165) is 19.5 Å². The van der Waals surface area contributed by atoms with Gasteiger partial charge in [0.1, 0.15) is 0 Å². The van der Waals surface area contributed by atoms with Crippen molar-refractivity contribution in [1.29, 1.82) is 0 Å². The zero-order valence-corrected chi connectivity index (χ0v) is 8.08. The zero-order valence-electron chi connectivity index (χ0n) is 8.08. The van der Waals surface area contributed by atoms with Crippen LogP contribution in [0.5, 0.6) is 0 Å². The largest absolute Gasteiger partial charge is 0.394 e. The summed E-state index contributed by atoms with van der Waals surface area (Å²) in [5.41, 5.74) is 5.58. The first-order chi connectivity index (χ1) is 5.56. The van der Waals surface area contributed by atoms with Crippen LogP contribution in [-0.2, 0) is 0 Å². The molecule has 2 atom stereocenters. The Morgan fingerprint density at radius 1 is 1.67 bits per heavy atom. The Morgan fingerprint density at radius 2 is 2.33 bits per heavy atom. The molecule has 3 heteroatoms. The van der Waals surface area contributed by atoms with Crippen LogP contribution in [0.4, 0.5) is 0 Å². The summed E-state index contributed by atoms with van der Waals surface area (Å²) in [6.07, 6.45) is 2.35. The molecule has 12 heavy (non-hydrogen) atoms. The van der Waals surface area contributed by atoms with Crippen molar-refractivity contribution in [2.75, 3.05) is 26.7 Å². The SMILES string of the molecule is CN1CCCC(C(C)(N)CO)C1. The van der Waals surface area contributed by atoms with Gasteiger partial charge in [-0.05, 0) is 39.3 Å². The molecular formula is C9H20N2O. The molecule has 1 saturated heterocycles. The summed E-state index contributed by atoms with van der Waals surface area (Å²) in [5, 5.41) is 9.09.